The summed E-state index contributed by atoms with van der Waals surface area (Å²) in [4.78, 5) is 2.79. The Hall–Kier alpha value is -0.660. The predicted octanol–water partition coefficient (Wildman–Crippen LogP) is 4.27. The van der Waals surface area contributed by atoms with Gasteiger partial charge in [0.2, 0.25) is 0 Å². The molecule has 9 atom stereocenters. The molecule has 0 aromatic rings. The lowest BCUT2D eigenvalue weighted by Gasteiger charge is -2.46. The highest BCUT2D eigenvalue weighted by Gasteiger charge is 2.50. The second kappa shape index (κ2) is 7.30. The van der Waals surface area contributed by atoms with E-state index in [1.54, 1.807) is 0 Å². The van der Waals surface area contributed by atoms with Crippen molar-refractivity contribution in [2.75, 3.05) is 6.54 Å². The summed E-state index contributed by atoms with van der Waals surface area (Å²) < 4.78 is 14.5. The molecular formula is C23H36FN3. The second-order valence-electron chi connectivity index (χ2n) is 10.5. The monoisotopic (exact) mass is 373 g/mol. The second-order valence-corrected chi connectivity index (χ2v) is 10.5. The number of hydrogen-bond donors (Lipinski definition) is 1. The van der Waals surface area contributed by atoms with E-state index in [-0.39, 0.29) is 5.92 Å². The van der Waals surface area contributed by atoms with Crippen LogP contribution in [-0.4, -0.2) is 35.7 Å². The zero-order valence-corrected chi connectivity index (χ0v) is 16.6. The van der Waals surface area contributed by atoms with E-state index in [1.165, 1.54) is 57.9 Å². The first-order valence-electron chi connectivity index (χ1n) is 11.7. The maximum atomic E-state index is 14.5. The number of nitrogens with zero attached hydrogens (tertiary/aromatic N) is 2. The Morgan fingerprint density at radius 1 is 0.963 bits per heavy atom. The zero-order chi connectivity index (χ0) is 18.5. The van der Waals surface area contributed by atoms with Gasteiger partial charge in [-0.25, -0.2) is 4.39 Å². The number of nitrogens with two attached hydrogens (primary N) is 1. The average molecular weight is 374 g/mol. The van der Waals surface area contributed by atoms with Gasteiger partial charge in [0.25, 0.3) is 0 Å². The van der Waals surface area contributed by atoms with Gasteiger partial charge in [-0.2, -0.15) is 5.26 Å². The molecule has 0 aromatic heterocycles. The normalized spacial score (nSPS) is 50.6. The fraction of sp³-hybridized carbons (Fsp3) is 0.957. The Balaban J connectivity index is 1.30. The molecular weight excluding hydrogens is 337 g/mol. The number of hydrogen-bond acceptors (Lipinski definition) is 3. The van der Waals surface area contributed by atoms with E-state index >= 15 is 0 Å². The van der Waals surface area contributed by atoms with Gasteiger partial charge in [-0.15, -0.1) is 0 Å². The molecule has 5 fully saturated rings. The molecule has 6 unspecified atom stereocenters. The van der Waals surface area contributed by atoms with Gasteiger partial charge in [0.05, 0.1) is 12.0 Å². The summed E-state index contributed by atoms with van der Waals surface area (Å²) in [6.45, 7) is 1.26. The molecule has 0 amide bonds. The van der Waals surface area contributed by atoms with E-state index in [4.69, 9.17) is 5.73 Å². The van der Waals surface area contributed by atoms with Crippen molar-refractivity contribution in [2.45, 2.75) is 94.9 Å². The van der Waals surface area contributed by atoms with Crippen LogP contribution in [0.3, 0.4) is 0 Å². The Bertz CT molecular complexity index is 585. The highest BCUT2D eigenvalue weighted by molar-refractivity contribution is 5.05. The lowest BCUT2D eigenvalue weighted by molar-refractivity contribution is 0.0197. The van der Waals surface area contributed by atoms with Gasteiger partial charge in [-0.05, 0) is 93.8 Å². The van der Waals surface area contributed by atoms with Crippen molar-refractivity contribution in [1.82, 2.24) is 4.90 Å². The molecule has 0 radical (unpaired) electrons. The van der Waals surface area contributed by atoms with Crippen molar-refractivity contribution < 1.29 is 4.39 Å². The van der Waals surface area contributed by atoms with E-state index < -0.39 is 6.17 Å². The Labute approximate surface area is 163 Å². The topological polar surface area (TPSA) is 53.0 Å². The van der Waals surface area contributed by atoms with Gasteiger partial charge in [0, 0.05) is 24.7 Å². The Morgan fingerprint density at radius 2 is 1.78 bits per heavy atom. The van der Waals surface area contributed by atoms with Crippen molar-refractivity contribution in [1.29, 1.82) is 5.26 Å². The van der Waals surface area contributed by atoms with Crippen LogP contribution in [0, 0.1) is 46.8 Å². The van der Waals surface area contributed by atoms with Crippen LogP contribution in [0.2, 0.25) is 0 Å². The third-order valence-corrected chi connectivity index (χ3v) is 9.08. The SMILES string of the molecule is N#CC1CCC(C2CCCC(CN3[C@H]4CC[C@@H]3[C@H](N)C4)C2C2CC2)CC1F. The van der Waals surface area contributed by atoms with Crippen LogP contribution >= 0.6 is 0 Å². The molecule has 0 spiro atoms. The summed E-state index contributed by atoms with van der Waals surface area (Å²) in [6, 6.07) is 3.98. The fourth-order valence-electron chi connectivity index (χ4n) is 7.71. The molecule has 5 rings (SSSR count). The fourth-order valence-corrected chi connectivity index (χ4v) is 7.71. The molecule has 4 heteroatoms. The van der Waals surface area contributed by atoms with E-state index in [0.717, 1.165) is 36.6 Å². The first-order valence-corrected chi connectivity index (χ1v) is 11.7. The van der Waals surface area contributed by atoms with Crippen molar-refractivity contribution in [3.63, 3.8) is 0 Å². The molecule has 2 N–H and O–H groups in total. The van der Waals surface area contributed by atoms with E-state index in [0.29, 0.717) is 30.3 Å². The third kappa shape index (κ3) is 3.33. The maximum Gasteiger partial charge on any atom is 0.116 e. The number of halogens is 1. The quantitative estimate of drug-likeness (QED) is 0.800. The molecule has 3 saturated carbocycles. The van der Waals surface area contributed by atoms with Gasteiger partial charge < -0.3 is 5.73 Å². The van der Waals surface area contributed by atoms with Crippen LogP contribution in [0.5, 0.6) is 0 Å². The lowest BCUT2D eigenvalue weighted by atomic mass is 9.61. The van der Waals surface area contributed by atoms with Crippen LogP contribution in [0.25, 0.3) is 0 Å². The van der Waals surface area contributed by atoms with Crippen LogP contribution in [-0.2, 0) is 0 Å². The first kappa shape index (κ1) is 18.4. The van der Waals surface area contributed by atoms with Gasteiger partial charge in [0.15, 0.2) is 0 Å². The maximum absolute atomic E-state index is 14.5. The summed E-state index contributed by atoms with van der Waals surface area (Å²) in [7, 11) is 0. The molecule has 27 heavy (non-hydrogen) atoms. The van der Waals surface area contributed by atoms with Crippen LogP contribution in [0.1, 0.15) is 70.6 Å². The Morgan fingerprint density at radius 3 is 2.41 bits per heavy atom. The predicted molar refractivity (Wildman–Crippen MR) is 104 cm³/mol. The smallest absolute Gasteiger partial charge is 0.116 e. The molecule has 2 saturated heterocycles. The lowest BCUT2D eigenvalue weighted by Crippen LogP contribution is -2.45. The standard InChI is InChI=1S/C23H36FN3/c24-20-10-15(6-7-16(20)12-25)19-3-1-2-17(23(19)14-4-5-14)13-27-18-8-9-22(27)21(26)11-18/h14-23H,1-11,13,26H2/t15?,16?,17?,18-,19?,20?,21+,22+,23?/m0/s1. The third-order valence-electron chi connectivity index (χ3n) is 9.08. The van der Waals surface area contributed by atoms with Gasteiger partial charge in [0.1, 0.15) is 6.17 Å². The highest BCUT2D eigenvalue weighted by atomic mass is 19.1. The minimum Gasteiger partial charge on any atom is -0.326 e. The van der Waals surface area contributed by atoms with Gasteiger partial charge in [-0.1, -0.05) is 6.42 Å². The average Bonchev–Trinajstić information content (AvgIpc) is 3.39. The van der Waals surface area contributed by atoms with Crippen molar-refractivity contribution >= 4 is 0 Å². The Kier molecular flexibility index (Phi) is 4.97. The van der Waals surface area contributed by atoms with Crippen molar-refractivity contribution in [2.24, 2.45) is 41.2 Å². The van der Waals surface area contributed by atoms with E-state index in [2.05, 4.69) is 11.0 Å². The number of nitriles is 1. The van der Waals surface area contributed by atoms with Crippen molar-refractivity contribution in [3.05, 3.63) is 0 Å². The number of alkyl halides is 1. The van der Waals surface area contributed by atoms with Crippen molar-refractivity contribution in [3.8, 4) is 6.07 Å². The summed E-state index contributed by atoms with van der Waals surface area (Å²) in [6.07, 6.45) is 12.3. The number of fused-ring (bicyclic) bond motifs is 2. The van der Waals surface area contributed by atoms with Crippen LogP contribution < -0.4 is 5.73 Å². The van der Waals surface area contributed by atoms with Crippen LogP contribution in [0.4, 0.5) is 4.39 Å². The minimum atomic E-state index is -0.888. The largest absolute Gasteiger partial charge is 0.326 e. The molecule has 3 nitrogen and oxygen atoms in total. The summed E-state index contributed by atoms with van der Waals surface area (Å²) >= 11 is 0. The summed E-state index contributed by atoms with van der Waals surface area (Å²) in [5, 5.41) is 9.18. The summed E-state index contributed by atoms with van der Waals surface area (Å²) in [5.74, 6) is 3.41. The van der Waals surface area contributed by atoms with E-state index in [9.17, 15) is 9.65 Å². The van der Waals surface area contributed by atoms with E-state index in [1.807, 2.05) is 0 Å². The molecule has 0 aromatic carbocycles. The molecule has 2 bridgehead atoms. The molecule has 5 aliphatic rings. The van der Waals surface area contributed by atoms with Gasteiger partial charge >= 0.3 is 0 Å². The number of rotatable bonds is 4. The molecule has 2 aliphatic heterocycles. The zero-order valence-electron chi connectivity index (χ0n) is 16.6. The molecule has 3 aliphatic carbocycles. The first-order chi connectivity index (χ1) is 13.2. The summed E-state index contributed by atoms with van der Waals surface area (Å²) in [5.41, 5.74) is 6.40. The molecule has 2 heterocycles. The highest BCUT2D eigenvalue weighted by Crippen LogP contribution is 2.55. The van der Waals surface area contributed by atoms with Gasteiger partial charge in [-0.3, -0.25) is 4.90 Å². The molecule has 150 valence electrons. The van der Waals surface area contributed by atoms with Crippen LogP contribution in [0.15, 0.2) is 0 Å². The minimum absolute atomic E-state index is 0.346.